The van der Waals surface area contributed by atoms with Crippen molar-refractivity contribution in [2.75, 3.05) is 26.2 Å². The fraction of sp³-hybridized carbons (Fsp3) is 0.857. The lowest BCUT2D eigenvalue weighted by Crippen LogP contribution is -2.61. The van der Waals surface area contributed by atoms with Crippen LogP contribution in [0.2, 0.25) is 0 Å². The van der Waals surface area contributed by atoms with E-state index in [2.05, 4.69) is 51.0 Å². The zero-order chi connectivity index (χ0) is 12.8. The largest absolute Gasteiger partial charge is 0.477 e. The minimum atomic E-state index is 0.211. The second-order valence-corrected chi connectivity index (χ2v) is 6.81. The van der Waals surface area contributed by atoms with E-state index in [9.17, 15) is 0 Å². The van der Waals surface area contributed by atoms with Crippen molar-refractivity contribution in [3.05, 3.63) is 12.5 Å². The van der Waals surface area contributed by atoms with Gasteiger partial charge in [0.2, 0.25) is 0 Å². The zero-order valence-electron chi connectivity index (χ0n) is 11.9. The molecule has 0 aliphatic carbocycles. The van der Waals surface area contributed by atoms with Gasteiger partial charge in [-0.25, -0.2) is 0 Å². The summed E-state index contributed by atoms with van der Waals surface area (Å²) in [4.78, 5) is 4.92. The maximum absolute atomic E-state index is 5.55. The molecule has 2 aliphatic heterocycles. The van der Waals surface area contributed by atoms with Crippen LogP contribution in [0.25, 0.3) is 0 Å². The van der Waals surface area contributed by atoms with Crippen LogP contribution in [0.5, 0.6) is 0 Å². The van der Waals surface area contributed by atoms with E-state index in [-0.39, 0.29) is 11.0 Å². The number of hydrogen-bond donors (Lipinski definition) is 0. The first-order chi connectivity index (χ1) is 7.73. The van der Waals surface area contributed by atoms with E-state index in [1.165, 1.54) is 0 Å². The van der Waals surface area contributed by atoms with Gasteiger partial charge < -0.3 is 9.64 Å². The normalized spacial score (nSPS) is 27.0. The molecule has 2 heterocycles. The smallest absolute Gasteiger partial charge is 0.182 e. The van der Waals surface area contributed by atoms with Gasteiger partial charge in [-0.3, -0.25) is 4.90 Å². The summed E-state index contributed by atoms with van der Waals surface area (Å²) in [6.07, 6.45) is 0. The van der Waals surface area contributed by atoms with Gasteiger partial charge in [-0.05, 0) is 25.8 Å². The third-order valence-corrected chi connectivity index (χ3v) is 4.87. The Kier molecular flexibility index (Phi) is 2.93. The average Bonchev–Trinajstić information content (AvgIpc) is 2.58. The Labute approximate surface area is 105 Å². The Morgan fingerprint density at radius 1 is 1.18 bits per heavy atom. The molecule has 0 bridgehead atoms. The van der Waals surface area contributed by atoms with Gasteiger partial charge in [-0.1, -0.05) is 20.8 Å². The number of fused-ring (bicyclic) bond motifs is 1. The molecule has 17 heavy (non-hydrogen) atoms. The minimum absolute atomic E-state index is 0.211. The molecule has 0 aromatic heterocycles. The highest BCUT2D eigenvalue weighted by atomic mass is 16.5. The highest BCUT2D eigenvalue weighted by Crippen LogP contribution is 2.37. The molecule has 2 aliphatic rings. The summed E-state index contributed by atoms with van der Waals surface area (Å²) >= 11 is 0. The number of ether oxygens (including phenoxy) is 1. The SMILES string of the molecule is C=C1OC[C@@H]2CN(C(C)(C)C(C)(C)C)CCN12. The lowest BCUT2D eigenvalue weighted by molar-refractivity contribution is -0.0186. The lowest BCUT2D eigenvalue weighted by Gasteiger charge is -2.51. The predicted molar refractivity (Wildman–Crippen MR) is 70.7 cm³/mol. The Morgan fingerprint density at radius 2 is 1.82 bits per heavy atom. The van der Waals surface area contributed by atoms with Gasteiger partial charge in [-0.2, -0.15) is 0 Å². The number of piperazine rings is 1. The van der Waals surface area contributed by atoms with Crippen LogP contribution in [0, 0.1) is 5.41 Å². The molecule has 0 spiro atoms. The van der Waals surface area contributed by atoms with Crippen molar-refractivity contribution in [2.45, 2.75) is 46.2 Å². The molecule has 2 saturated heterocycles. The molecule has 0 unspecified atom stereocenters. The topological polar surface area (TPSA) is 15.7 Å². The highest BCUT2D eigenvalue weighted by molar-refractivity contribution is 5.03. The zero-order valence-corrected chi connectivity index (χ0v) is 11.9. The quantitative estimate of drug-likeness (QED) is 0.697. The van der Waals surface area contributed by atoms with E-state index in [1.54, 1.807) is 0 Å². The van der Waals surface area contributed by atoms with Gasteiger partial charge in [0.05, 0.1) is 6.04 Å². The van der Waals surface area contributed by atoms with Crippen LogP contribution in [0.1, 0.15) is 34.6 Å². The number of rotatable bonds is 1. The number of nitrogens with zero attached hydrogens (tertiary/aromatic N) is 2. The highest BCUT2D eigenvalue weighted by Gasteiger charge is 2.43. The monoisotopic (exact) mass is 238 g/mol. The molecule has 3 heteroatoms. The first-order valence-electron chi connectivity index (χ1n) is 6.57. The van der Waals surface area contributed by atoms with E-state index >= 15 is 0 Å². The molecule has 0 aromatic carbocycles. The molecule has 0 saturated carbocycles. The van der Waals surface area contributed by atoms with E-state index < -0.39 is 0 Å². The summed E-state index contributed by atoms with van der Waals surface area (Å²) in [5, 5.41) is 0. The van der Waals surface area contributed by atoms with Crippen molar-refractivity contribution in [1.29, 1.82) is 0 Å². The second-order valence-electron chi connectivity index (χ2n) is 6.81. The van der Waals surface area contributed by atoms with Gasteiger partial charge in [0.25, 0.3) is 0 Å². The number of hydrogen-bond acceptors (Lipinski definition) is 3. The van der Waals surface area contributed by atoms with Gasteiger partial charge in [0.15, 0.2) is 5.88 Å². The molecule has 1 atom stereocenters. The molecule has 2 fully saturated rings. The van der Waals surface area contributed by atoms with Crippen LogP contribution in [-0.2, 0) is 4.74 Å². The molecule has 0 radical (unpaired) electrons. The van der Waals surface area contributed by atoms with E-state index in [0.717, 1.165) is 32.1 Å². The maximum atomic E-state index is 5.55. The first kappa shape index (κ1) is 12.7. The van der Waals surface area contributed by atoms with Gasteiger partial charge in [0, 0.05) is 25.2 Å². The van der Waals surface area contributed by atoms with E-state index in [1.807, 2.05) is 0 Å². The summed E-state index contributed by atoms with van der Waals surface area (Å²) < 4.78 is 5.55. The summed E-state index contributed by atoms with van der Waals surface area (Å²) in [6, 6.07) is 0.498. The van der Waals surface area contributed by atoms with Crippen LogP contribution >= 0.6 is 0 Å². The Hall–Kier alpha value is -0.700. The van der Waals surface area contributed by atoms with E-state index in [0.29, 0.717) is 6.04 Å². The van der Waals surface area contributed by atoms with Crippen molar-refractivity contribution in [3.8, 4) is 0 Å². The van der Waals surface area contributed by atoms with Crippen molar-refractivity contribution in [1.82, 2.24) is 9.80 Å². The van der Waals surface area contributed by atoms with Crippen LogP contribution in [-0.4, -0.2) is 47.6 Å². The van der Waals surface area contributed by atoms with Crippen LogP contribution < -0.4 is 0 Å². The first-order valence-corrected chi connectivity index (χ1v) is 6.57. The summed E-state index contributed by atoms with van der Waals surface area (Å²) in [6.45, 7) is 19.7. The van der Waals surface area contributed by atoms with Gasteiger partial charge >= 0.3 is 0 Å². The van der Waals surface area contributed by atoms with Gasteiger partial charge in [0.1, 0.15) is 6.61 Å². The third kappa shape index (κ3) is 2.05. The fourth-order valence-corrected chi connectivity index (χ4v) is 2.58. The molecule has 0 aromatic rings. The molecule has 0 amide bonds. The van der Waals surface area contributed by atoms with Crippen LogP contribution in [0.3, 0.4) is 0 Å². The maximum Gasteiger partial charge on any atom is 0.182 e. The van der Waals surface area contributed by atoms with Crippen LogP contribution in [0.15, 0.2) is 12.5 Å². The fourth-order valence-electron chi connectivity index (χ4n) is 2.58. The van der Waals surface area contributed by atoms with Gasteiger partial charge in [-0.15, -0.1) is 0 Å². The molecule has 3 nitrogen and oxygen atoms in total. The average molecular weight is 238 g/mol. The standard InChI is InChI=1S/C14H26N2O/c1-11-16-8-7-15(9-12(16)10-17-11)14(5,6)13(2,3)4/h12H,1,7-10H2,2-6H3/t12-/m0/s1. The van der Waals surface area contributed by atoms with Crippen molar-refractivity contribution in [3.63, 3.8) is 0 Å². The predicted octanol–water partition coefficient (Wildman–Crippen LogP) is 2.30. The summed E-state index contributed by atoms with van der Waals surface area (Å²) in [7, 11) is 0. The second kappa shape index (κ2) is 3.91. The van der Waals surface area contributed by atoms with E-state index in [4.69, 9.17) is 4.74 Å². The molecule has 98 valence electrons. The Morgan fingerprint density at radius 3 is 2.41 bits per heavy atom. The summed E-state index contributed by atoms with van der Waals surface area (Å²) in [5.41, 5.74) is 0.495. The molecular formula is C14H26N2O. The molecule has 0 N–H and O–H groups in total. The Balaban J connectivity index is 2.09. The van der Waals surface area contributed by atoms with Crippen molar-refractivity contribution in [2.24, 2.45) is 5.41 Å². The molecule has 2 rings (SSSR count). The van der Waals surface area contributed by atoms with Crippen molar-refractivity contribution >= 4 is 0 Å². The Bertz CT molecular complexity index is 317. The summed E-state index contributed by atoms with van der Waals surface area (Å²) in [5.74, 6) is 0.864. The minimum Gasteiger partial charge on any atom is -0.477 e. The molecular weight excluding hydrogens is 212 g/mol. The third-order valence-electron chi connectivity index (χ3n) is 4.87. The van der Waals surface area contributed by atoms with Crippen LogP contribution in [0.4, 0.5) is 0 Å². The van der Waals surface area contributed by atoms with Crippen molar-refractivity contribution < 1.29 is 4.74 Å². The lowest BCUT2D eigenvalue weighted by atomic mass is 9.74.